The predicted octanol–water partition coefficient (Wildman–Crippen LogP) is 3.63. The summed E-state index contributed by atoms with van der Waals surface area (Å²) in [5.74, 6) is -1.01. The van der Waals surface area contributed by atoms with Gasteiger partial charge in [-0.15, -0.1) is 0 Å². The van der Waals surface area contributed by atoms with Crippen LogP contribution in [0.2, 0.25) is 0 Å². The molecule has 0 spiro atoms. The summed E-state index contributed by atoms with van der Waals surface area (Å²) in [4.78, 5) is 24.8. The number of rotatable bonds is 5. The second-order valence-electron chi connectivity index (χ2n) is 7.28. The van der Waals surface area contributed by atoms with E-state index in [1.165, 1.54) is 18.6 Å². The molecule has 25 heavy (non-hydrogen) atoms. The van der Waals surface area contributed by atoms with Gasteiger partial charge in [0.25, 0.3) is 5.91 Å². The minimum Gasteiger partial charge on any atom is -0.455 e. The minimum absolute atomic E-state index is 0.198. The quantitative estimate of drug-likeness (QED) is 0.828. The van der Waals surface area contributed by atoms with Crippen LogP contribution in [0.25, 0.3) is 0 Å². The molecule has 0 bridgehead atoms. The molecule has 0 heterocycles. The lowest BCUT2D eigenvalue weighted by molar-refractivity contribution is -0.154. The van der Waals surface area contributed by atoms with Crippen molar-refractivity contribution in [1.82, 2.24) is 5.32 Å². The van der Waals surface area contributed by atoms with E-state index in [1.807, 2.05) is 0 Å². The first-order valence-electron chi connectivity index (χ1n) is 9.33. The van der Waals surface area contributed by atoms with E-state index in [0.717, 1.165) is 38.5 Å². The lowest BCUT2D eigenvalue weighted by atomic mass is 9.79. The molecule has 1 amide bonds. The zero-order valence-electron chi connectivity index (χ0n) is 14.6. The molecule has 0 aliphatic heterocycles. The molecule has 4 nitrogen and oxygen atoms in total. The van der Waals surface area contributed by atoms with E-state index >= 15 is 0 Å². The van der Waals surface area contributed by atoms with Crippen molar-refractivity contribution in [2.75, 3.05) is 6.61 Å². The van der Waals surface area contributed by atoms with Gasteiger partial charge in [0, 0.05) is 6.04 Å². The van der Waals surface area contributed by atoms with E-state index in [1.54, 1.807) is 12.1 Å². The molecule has 2 aliphatic carbocycles. The first-order valence-corrected chi connectivity index (χ1v) is 9.33. The number of carbonyl (C=O) groups excluding carboxylic acids is 2. The number of hydrogen-bond donors (Lipinski definition) is 1. The van der Waals surface area contributed by atoms with Gasteiger partial charge in [0.05, 0.1) is 5.41 Å². The third kappa shape index (κ3) is 4.20. The third-order valence-corrected chi connectivity index (χ3v) is 5.53. The molecular weight excluding hydrogens is 321 g/mol. The van der Waals surface area contributed by atoms with Crippen molar-refractivity contribution in [3.63, 3.8) is 0 Å². The SMILES string of the molecule is O=C(COC(=O)C1(c2cccc(F)c2)CCCC1)NC1CCCCC1. The van der Waals surface area contributed by atoms with Crippen LogP contribution < -0.4 is 5.32 Å². The fourth-order valence-electron chi connectivity index (χ4n) is 4.16. The number of ether oxygens (including phenoxy) is 1. The minimum atomic E-state index is -0.812. The molecule has 3 rings (SSSR count). The van der Waals surface area contributed by atoms with Crippen LogP contribution in [0.15, 0.2) is 24.3 Å². The van der Waals surface area contributed by atoms with Gasteiger partial charge in [0.1, 0.15) is 5.82 Å². The van der Waals surface area contributed by atoms with Crippen LogP contribution in [-0.2, 0) is 19.7 Å². The van der Waals surface area contributed by atoms with Crippen LogP contribution in [0.3, 0.4) is 0 Å². The standard InChI is InChI=1S/C20H26FNO3/c21-16-8-6-7-15(13-16)20(11-4-5-12-20)19(24)25-14-18(23)22-17-9-2-1-3-10-17/h6-8,13,17H,1-5,9-12,14H2,(H,22,23). The Labute approximate surface area is 148 Å². The van der Waals surface area contributed by atoms with Crippen LogP contribution in [0.4, 0.5) is 4.39 Å². The molecule has 136 valence electrons. The Kier molecular flexibility index (Phi) is 5.71. The Bertz CT molecular complexity index is 619. The van der Waals surface area contributed by atoms with Crippen LogP contribution in [0.5, 0.6) is 0 Å². The van der Waals surface area contributed by atoms with E-state index in [-0.39, 0.29) is 24.4 Å². The molecule has 0 radical (unpaired) electrons. The van der Waals surface area contributed by atoms with E-state index in [0.29, 0.717) is 18.4 Å². The summed E-state index contributed by atoms with van der Waals surface area (Å²) in [5, 5.41) is 2.95. The maximum atomic E-state index is 13.6. The van der Waals surface area contributed by atoms with Gasteiger partial charge in [0.15, 0.2) is 6.61 Å². The molecule has 0 aromatic heterocycles. The summed E-state index contributed by atoms with van der Waals surface area (Å²) in [6.07, 6.45) is 8.55. The van der Waals surface area contributed by atoms with Crippen molar-refractivity contribution in [3.8, 4) is 0 Å². The molecule has 2 aliphatic rings. The summed E-state index contributed by atoms with van der Waals surface area (Å²) in [5.41, 5.74) is -0.157. The highest BCUT2D eigenvalue weighted by Crippen LogP contribution is 2.42. The van der Waals surface area contributed by atoms with Gasteiger partial charge in [0.2, 0.25) is 0 Å². The Morgan fingerprint density at radius 1 is 1.12 bits per heavy atom. The molecule has 1 aromatic carbocycles. The summed E-state index contributed by atoms with van der Waals surface area (Å²) in [6, 6.07) is 6.37. The second kappa shape index (κ2) is 7.98. The molecular formula is C20H26FNO3. The number of nitrogens with one attached hydrogen (secondary N) is 1. The summed E-state index contributed by atoms with van der Waals surface area (Å²) in [6.45, 7) is -0.258. The molecule has 5 heteroatoms. The number of esters is 1. The Hall–Kier alpha value is -1.91. The van der Waals surface area contributed by atoms with Gasteiger partial charge in [-0.2, -0.15) is 0 Å². The monoisotopic (exact) mass is 347 g/mol. The highest BCUT2D eigenvalue weighted by Gasteiger charge is 2.44. The summed E-state index contributed by atoms with van der Waals surface area (Å²) >= 11 is 0. The van der Waals surface area contributed by atoms with Crippen molar-refractivity contribution < 1.29 is 18.7 Å². The Morgan fingerprint density at radius 2 is 1.84 bits per heavy atom. The largest absolute Gasteiger partial charge is 0.455 e. The normalized spacial score (nSPS) is 20.2. The smallest absolute Gasteiger partial charge is 0.317 e. The van der Waals surface area contributed by atoms with Crippen LogP contribution >= 0.6 is 0 Å². The molecule has 0 unspecified atom stereocenters. The average Bonchev–Trinajstić information content (AvgIpc) is 3.12. The van der Waals surface area contributed by atoms with Crippen LogP contribution in [-0.4, -0.2) is 24.5 Å². The molecule has 1 N–H and O–H groups in total. The second-order valence-corrected chi connectivity index (χ2v) is 7.28. The highest BCUT2D eigenvalue weighted by atomic mass is 19.1. The van der Waals surface area contributed by atoms with Crippen LogP contribution in [0.1, 0.15) is 63.4 Å². The Morgan fingerprint density at radius 3 is 2.52 bits per heavy atom. The van der Waals surface area contributed by atoms with E-state index in [2.05, 4.69) is 5.32 Å². The maximum Gasteiger partial charge on any atom is 0.317 e. The lowest BCUT2D eigenvalue weighted by Crippen LogP contribution is -2.41. The average molecular weight is 347 g/mol. The number of halogens is 1. The number of amides is 1. The molecule has 2 fully saturated rings. The fourth-order valence-corrected chi connectivity index (χ4v) is 4.16. The fraction of sp³-hybridized carbons (Fsp3) is 0.600. The first-order chi connectivity index (χ1) is 12.1. The van der Waals surface area contributed by atoms with Crippen molar-refractivity contribution >= 4 is 11.9 Å². The lowest BCUT2D eigenvalue weighted by Gasteiger charge is -2.27. The zero-order valence-corrected chi connectivity index (χ0v) is 14.6. The topological polar surface area (TPSA) is 55.4 Å². The summed E-state index contributed by atoms with van der Waals surface area (Å²) < 4.78 is 19.0. The van der Waals surface area contributed by atoms with E-state index < -0.39 is 11.4 Å². The van der Waals surface area contributed by atoms with Crippen molar-refractivity contribution in [2.45, 2.75) is 69.2 Å². The summed E-state index contributed by atoms with van der Waals surface area (Å²) in [7, 11) is 0. The van der Waals surface area contributed by atoms with Crippen molar-refractivity contribution in [2.24, 2.45) is 0 Å². The molecule has 0 saturated heterocycles. The first kappa shape index (κ1) is 17.9. The Balaban J connectivity index is 1.60. The molecule has 2 saturated carbocycles. The maximum absolute atomic E-state index is 13.6. The van der Waals surface area contributed by atoms with Gasteiger partial charge in [-0.05, 0) is 43.4 Å². The van der Waals surface area contributed by atoms with E-state index in [9.17, 15) is 14.0 Å². The van der Waals surface area contributed by atoms with Gasteiger partial charge in [-0.3, -0.25) is 9.59 Å². The number of carbonyl (C=O) groups is 2. The highest BCUT2D eigenvalue weighted by molar-refractivity contribution is 5.86. The van der Waals surface area contributed by atoms with Crippen LogP contribution in [0, 0.1) is 5.82 Å². The van der Waals surface area contributed by atoms with Gasteiger partial charge < -0.3 is 10.1 Å². The predicted molar refractivity (Wildman–Crippen MR) is 92.5 cm³/mol. The van der Waals surface area contributed by atoms with Gasteiger partial charge in [-0.1, -0.05) is 44.2 Å². The molecule has 0 atom stereocenters. The third-order valence-electron chi connectivity index (χ3n) is 5.53. The van der Waals surface area contributed by atoms with Crippen molar-refractivity contribution in [3.05, 3.63) is 35.6 Å². The van der Waals surface area contributed by atoms with Gasteiger partial charge >= 0.3 is 5.97 Å². The number of hydrogen-bond acceptors (Lipinski definition) is 3. The van der Waals surface area contributed by atoms with E-state index in [4.69, 9.17) is 4.74 Å². The van der Waals surface area contributed by atoms with Crippen molar-refractivity contribution in [1.29, 1.82) is 0 Å². The zero-order chi connectivity index (χ0) is 17.7. The number of benzene rings is 1. The molecule has 1 aromatic rings. The van der Waals surface area contributed by atoms with Gasteiger partial charge in [-0.25, -0.2) is 4.39 Å².